The SMILES string of the molecule is Cc1cc(/C=C/c2ccc([N+](=O)[O-])cc2)ccc1F. The van der Waals surface area contributed by atoms with Crippen molar-refractivity contribution in [3.63, 3.8) is 0 Å². The summed E-state index contributed by atoms with van der Waals surface area (Å²) < 4.78 is 13.1. The lowest BCUT2D eigenvalue weighted by atomic mass is 10.1. The highest BCUT2D eigenvalue weighted by Gasteiger charge is 2.02. The van der Waals surface area contributed by atoms with Gasteiger partial charge in [0.05, 0.1) is 4.92 Å². The summed E-state index contributed by atoms with van der Waals surface area (Å²) in [6.07, 6.45) is 3.67. The molecule has 0 fully saturated rings. The zero-order chi connectivity index (χ0) is 13.8. The topological polar surface area (TPSA) is 43.1 Å². The molecule has 0 aliphatic rings. The van der Waals surface area contributed by atoms with Gasteiger partial charge in [0.25, 0.3) is 5.69 Å². The van der Waals surface area contributed by atoms with Gasteiger partial charge in [0.15, 0.2) is 0 Å². The molecule has 0 amide bonds. The maximum Gasteiger partial charge on any atom is 0.269 e. The first-order valence-corrected chi connectivity index (χ1v) is 5.75. The van der Waals surface area contributed by atoms with Gasteiger partial charge in [-0.25, -0.2) is 4.39 Å². The summed E-state index contributed by atoms with van der Waals surface area (Å²) in [6, 6.07) is 11.1. The second-order valence-corrected chi connectivity index (χ2v) is 4.19. The number of aryl methyl sites for hydroxylation is 1. The van der Waals surface area contributed by atoms with Crippen molar-refractivity contribution in [2.45, 2.75) is 6.92 Å². The standard InChI is InChI=1S/C15H12FNO2/c1-11-10-13(6-9-15(11)16)3-2-12-4-7-14(8-5-12)17(18)19/h2-10H,1H3/b3-2+. The van der Waals surface area contributed by atoms with Crippen molar-refractivity contribution >= 4 is 17.8 Å². The summed E-state index contributed by atoms with van der Waals surface area (Å²) in [7, 11) is 0. The lowest BCUT2D eigenvalue weighted by molar-refractivity contribution is -0.384. The fraction of sp³-hybridized carbons (Fsp3) is 0.0667. The molecule has 0 spiro atoms. The fourth-order valence-corrected chi connectivity index (χ4v) is 1.67. The maximum absolute atomic E-state index is 13.1. The molecular weight excluding hydrogens is 245 g/mol. The first-order valence-electron chi connectivity index (χ1n) is 5.75. The van der Waals surface area contributed by atoms with Crippen LogP contribution in [-0.4, -0.2) is 4.92 Å². The van der Waals surface area contributed by atoms with Crippen LogP contribution in [0.4, 0.5) is 10.1 Å². The van der Waals surface area contributed by atoms with Crippen LogP contribution in [0.1, 0.15) is 16.7 Å². The van der Waals surface area contributed by atoms with Crippen LogP contribution in [0.2, 0.25) is 0 Å². The van der Waals surface area contributed by atoms with E-state index >= 15 is 0 Å². The summed E-state index contributed by atoms with van der Waals surface area (Å²) in [4.78, 5) is 10.1. The Balaban J connectivity index is 2.17. The summed E-state index contributed by atoms with van der Waals surface area (Å²) in [5, 5.41) is 10.5. The summed E-state index contributed by atoms with van der Waals surface area (Å²) >= 11 is 0. The van der Waals surface area contributed by atoms with Gasteiger partial charge >= 0.3 is 0 Å². The van der Waals surface area contributed by atoms with Gasteiger partial charge in [0.2, 0.25) is 0 Å². The lowest BCUT2D eigenvalue weighted by Crippen LogP contribution is -1.86. The Bertz CT molecular complexity index is 633. The van der Waals surface area contributed by atoms with Gasteiger partial charge in [-0.1, -0.05) is 18.2 Å². The van der Waals surface area contributed by atoms with Crippen molar-refractivity contribution < 1.29 is 9.31 Å². The molecule has 0 N–H and O–H groups in total. The minimum absolute atomic E-state index is 0.0646. The molecule has 2 aromatic carbocycles. The molecule has 2 aromatic rings. The monoisotopic (exact) mass is 257 g/mol. The van der Waals surface area contributed by atoms with E-state index in [2.05, 4.69) is 0 Å². The number of hydrogen-bond acceptors (Lipinski definition) is 2. The molecule has 0 unspecified atom stereocenters. The fourth-order valence-electron chi connectivity index (χ4n) is 1.67. The van der Waals surface area contributed by atoms with Crippen molar-refractivity contribution in [3.8, 4) is 0 Å². The normalized spacial score (nSPS) is 10.8. The first kappa shape index (κ1) is 13.0. The van der Waals surface area contributed by atoms with Crippen LogP contribution in [0, 0.1) is 22.9 Å². The zero-order valence-corrected chi connectivity index (χ0v) is 10.3. The second kappa shape index (κ2) is 5.44. The molecule has 96 valence electrons. The average Bonchev–Trinajstić information content (AvgIpc) is 2.40. The number of benzene rings is 2. The van der Waals surface area contributed by atoms with Gasteiger partial charge in [-0.2, -0.15) is 0 Å². The van der Waals surface area contributed by atoms with Crippen molar-refractivity contribution in [1.82, 2.24) is 0 Å². The summed E-state index contributed by atoms with van der Waals surface area (Å²) in [5.74, 6) is -0.229. The molecule has 2 rings (SSSR count). The predicted molar refractivity (Wildman–Crippen MR) is 73.2 cm³/mol. The Morgan fingerprint density at radius 3 is 2.21 bits per heavy atom. The van der Waals surface area contributed by atoms with E-state index in [1.165, 1.54) is 18.2 Å². The molecule has 0 radical (unpaired) electrons. The van der Waals surface area contributed by atoms with Gasteiger partial charge in [-0.05, 0) is 47.9 Å². The Morgan fingerprint density at radius 2 is 1.63 bits per heavy atom. The van der Waals surface area contributed by atoms with Gasteiger partial charge < -0.3 is 0 Å². The number of nitrogens with zero attached hydrogens (tertiary/aromatic N) is 1. The van der Waals surface area contributed by atoms with E-state index in [-0.39, 0.29) is 11.5 Å². The van der Waals surface area contributed by atoms with Crippen LogP contribution in [0.15, 0.2) is 42.5 Å². The molecule has 0 aliphatic carbocycles. The van der Waals surface area contributed by atoms with Crippen molar-refractivity contribution in [2.24, 2.45) is 0 Å². The third-order valence-electron chi connectivity index (χ3n) is 2.75. The number of non-ortho nitro benzene ring substituents is 1. The molecule has 4 heteroatoms. The molecule has 0 aliphatic heterocycles. The third-order valence-corrected chi connectivity index (χ3v) is 2.75. The van der Waals surface area contributed by atoms with Crippen LogP contribution >= 0.6 is 0 Å². The van der Waals surface area contributed by atoms with Crippen LogP contribution in [0.3, 0.4) is 0 Å². The maximum atomic E-state index is 13.1. The number of hydrogen-bond donors (Lipinski definition) is 0. The molecule has 3 nitrogen and oxygen atoms in total. The van der Waals surface area contributed by atoms with Crippen LogP contribution in [0.25, 0.3) is 12.2 Å². The smallest absolute Gasteiger partial charge is 0.258 e. The van der Waals surface area contributed by atoms with Crippen molar-refractivity contribution in [1.29, 1.82) is 0 Å². The molecule has 0 bridgehead atoms. The van der Waals surface area contributed by atoms with Gasteiger partial charge in [0, 0.05) is 12.1 Å². The minimum Gasteiger partial charge on any atom is -0.258 e. The zero-order valence-electron chi connectivity index (χ0n) is 10.3. The lowest BCUT2D eigenvalue weighted by Gasteiger charge is -1.98. The Kier molecular flexibility index (Phi) is 3.71. The largest absolute Gasteiger partial charge is 0.269 e. The van der Waals surface area contributed by atoms with E-state index in [1.807, 2.05) is 12.2 Å². The van der Waals surface area contributed by atoms with Gasteiger partial charge in [0.1, 0.15) is 5.82 Å². The van der Waals surface area contributed by atoms with Crippen LogP contribution < -0.4 is 0 Å². The van der Waals surface area contributed by atoms with E-state index in [9.17, 15) is 14.5 Å². The van der Waals surface area contributed by atoms with Crippen molar-refractivity contribution in [2.75, 3.05) is 0 Å². The molecule has 0 saturated carbocycles. The third kappa shape index (κ3) is 3.25. The van der Waals surface area contributed by atoms with E-state index in [0.29, 0.717) is 5.56 Å². The number of nitro groups is 1. The molecule has 0 atom stereocenters. The van der Waals surface area contributed by atoms with E-state index in [4.69, 9.17) is 0 Å². The van der Waals surface area contributed by atoms with E-state index in [0.717, 1.165) is 11.1 Å². The molecule has 0 saturated heterocycles. The summed E-state index contributed by atoms with van der Waals surface area (Å²) in [5.41, 5.74) is 2.39. The Hall–Kier alpha value is -2.49. The number of rotatable bonds is 3. The minimum atomic E-state index is -0.434. The highest BCUT2D eigenvalue weighted by atomic mass is 19.1. The number of halogens is 1. The Labute approximate surface area is 110 Å². The van der Waals surface area contributed by atoms with Crippen molar-refractivity contribution in [3.05, 3.63) is 75.1 Å². The summed E-state index contributed by atoms with van der Waals surface area (Å²) in [6.45, 7) is 1.71. The van der Waals surface area contributed by atoms with E-state index < -0.39 is 4.92 Å². The highest BCUT2D eigenvalue weighted by Crippen LogP contribution is 2.15. The van der Waals surface area contributed by atoms with Crippen LogP contribution in [0.5, 0.6) is 0 Å². The molecule has 19 heavy (non-hydrogen) atoms. The first-order chi connectivity index (χ1) is 9.06. The molecule has 0 heterocycles. The average molecular weight is 257 g/mol. The Morgan fingerprint density at radius 1 is 1.05 bits per heavy atom. The molecule has 0 aromatic heterocycles. The second-order valence-electron chi connectivity index (χ2n) is 4.19. The van der Waals surface area contributed by atoms with Gasteiger partial charge in [-0.3, -0.25) is 10.1 Å². The number of nitro benzene ring substituents is 1. The quantitative estimate of drug-likeness (QED) is 0.469. The highest BCUT2D eigenvalue weighted by molar-refractivity contribution is 5.70. The van der Waals surface area contributed by atoms with Crippen LogP contribution in [-0.2, 0) is 0 Å². The van der Waals surface area contributed by atoms with E-state index in [1.54, 1.807) is 31.2 Å². The predicted octanol–water partition coefficient (Wildman–Crippen LogP) is 4.21. The van der Waals surface area contributed by atoms with Gasteiger partial charge in [-0.15, -0.1) is 0 Å². The molecular formula is C15H12FNO2.